The monoisotopic (exact) mass is 252 g/mol. The van der Waals surface area contributed by atoms with Gasteiger partial charge in [0.1, 0.15) is 0 Å². The summed E-state index contributed by atoms with van der Waals surface area (Å²) in [5.41, 5.74) is 0. The Bertz CT molecular complexity index is 292. The Hall–Kier alpha value is -0.570. The number of hydrogen-bond acceptors (Lipinski definition) is 2. The normalized spacial score (nSPS) is 31.6. The number of amides is 1. The van der Waals surface area contributed by atoms with Gasteiger partial charge in [0.15, 0.2) is 0 Å². The van der Waals surface area contributed by atoms with E-state index in [2.05, 4.69) is 19.2 Å². The second kappa shape index (κ2) is 6.05. The number of nitrogens with one attached hydrogen (secondary N) is 1. The van der Waals surface area contributed by atoms with Crippen LogP contribution < -0.4 is 5.32 Å². The third-order valence-corrected chi connectivity index (χ3v) is 4.85. The molecular weight excluding hydrogens is 224 g/mol. The van der Waals surface area contributed by atoms with E-state index in [1.807, 2.05) is 11.9 Å². The summed E-state index contributed by atoms with van der Waals surface area (Å²) < 4.78 is 0. The molecule has 2 saturated carbocycles. The largest absolute Gasteiger partial charge is 0.345 e. The van der Waals surface area contributed by atoms with E-state index in [0.29, 0.717) is 18.4 Å². The van der Waals surface area contributed by atoms with Gasteiger partial charge in [-0.15, -0.1) is 0 Å². The summed E-state index contributed by atoms with van der Waals surface area (Å²) in [5.74, 6) is 2.97. The minimum atomic E-state index is 0.296. The third kappa shape index (κ3) is 3.25. The molecule has 18 heavy (non-hydrogen) atoms. The highest BCUT2D eigenvalue weighted by molar-refractivity contribution is 5.76. The first-order valence-electron chi connectivity index (χ1n) is 7.57. The van der Waals surface area contributed by atoms with Crippen molar-refractivity contribution >= 4 is 5.91 Å². The van der Waals surface area contributed by atoms with Gasteiger partial charge >= 0.3 is 0 Å². The van der Waals surface area contributed by atoms with E-state index in [-0.39, 0.29) is 0 Å². The maximum absolute atomic E-state index is 12.1. The molecule has 0 aliphatic heterocycles. The summed E-state index contributed by atoms with van der Waals surface area (Å²) in [5, 5.41) is 3.30. The molecule has 3 heteroatoms. The maximum atomic E-state index is 12.1. The van der Waals surface area contributed by atoms with Crippen LogP contribution in [0.4, 0.5) is 0 Å². The minimum absolute atomic E-state index is 0.296. The Morgan fingerprint density at radius 2 is 2.17 bits per heavy atom. The number of carbonyl (C=O) groups is 1. The van der Waals surface area contributed by atoms with Crippen molar-refractivity contribution in [1.29, 1.82) is 0 Å². The van der Waals surface area contributed by atoms with Crippen LogP contribution in [-0.2, 0) is 4.79 Å². The van der Waals surface area contributed by atoms with Crippen LogP contribution in [0.5, 0.6) is 0 Å². The van der Waals surface area contributed by atoms with E-state index in [1.54, 1.807) is 0 Å². The lowest BCUT2D eigenvalue weighted by Crippen LogP contribution is -2.38. The quantitative estimate of drug-likeness (QED) is 0.786. The number of fused-ring (bicyclic) bond motifs is 2. The van der Waals surface area contributed by atoms with Crippen molar-refractivity contribution in [1.82, 2.24) is 10.2 Å². The Balaban J connectivity index is 1.74. The van der Waals surface area contributed by atoms with Crippen LogP contribution in [0.3, 0.4) is 0 Å². The summed E-state index contributed by atoms with van der Waals surface area (Å²) in [7, 11) is 1.98. The van der Waals surface area contributed by atoms with E-state index in [4.69, 9.17) is 0 Å². The molecule has 0 aromatic carbocycles. The molecule has 1 N–H and O–H groups in total. The number of nitrogens with zero attached hydrogens (tertiary/aromatic N) is 1. The minimum Gasteiger partial charge on any atom is -0.345 e. The van der Waals surface area contributed by atoms with Crippen molar-refractivity contribution in [2.45, 2.75) is 52.0 Å². The first-order valence-corrected chi connectivity index (χ1v) is 7.57. The van der Waals surface area contributed by atoms with Gasteiger partial charge in [-0.1, -0.05) is 13.3 Å². The van der Waals surface area contributed by atoms with Crippen LogP contribution in [0.25, 0.3) is 0 Å². The molecule has 0 heterocycles. The maximum Gasteiger partial charge on any atom is 0.223 e. The molecule has 0 radical (unpaired) electrons. The third-order valence-electron chi connectivity index (χ3n) is 4.85. The standard InChI is InChI=1S/C15H28N2O/c1-4-16-11(2)7-15(18)17(3)10-14-9-12-5-6-13(14)8-12/h11-14,16H,4-10H2,1-3H3. The van der Waals surface area contributed by atoms with Crippen molar-refractivity contribution in [2.24, 2.45) is 17.8 Å². The molecule has 2 aliphatic carbocycles. The summed E-state index contributed by atoms with van der Waals surface area (Å²) in [4.78, 5) is 14.1. The molecule has 104 valence electrons. The zero-order valence-electron chi connectivity index (χ0n) is 12.1. The molecule has 0 aromatic heterocycles. The lowest BCUT2D eigenvalue weighted by molar-refractivity contribution is -0.131. The lowest BCUT2D eigenvalue weighted by atomic mass is 9.88. The SMILES string of the molecule is CCNC(C)CC(=O)N(C)CC1CC2CCC1C2. The topological polar surface area (TPSA) is 32.3 Å². The highest BCUT2D eigenvalue weighted by Crippen LogP contribution is 2.48. The first-order chi connectivity index (χ1) is 8.60. The second-order valence-electron chi connectivity index (χ2n) is 6.37. The highest BCUT2D eigenvalue weighted by Gasteiger charge is 2.40. The van der Waals surface area contributed by atoms with E-state index < -0.39 is 0 Å². The van der Waals surface area contributed by atoms with Crippen LogP contribution in [0, 0.1) is 17.8 Å². The molecule has 2 aliphatic rings. The predicted octanol–water partition coefficient (Wildman–Crippen LogP) is 2.27. The fourth-order valence-corrected chi connectivity index (χ4v) is 3.89. The zero-order chi connectivity index (χ0) is 13.1. The Labute approximate surface area is 111 Å². The van der Waals surface area contributed by atoms with Gasteiger partial charge in [-0.2, -0.15) is 0 Å². The fourth-order valence-electron chi connectivity index (χ4n) is 3.89. The Morgan fingerprint density at radius 1 is 1.39 bits per heavy atom. The van der Waals surface area contributed by atoms with Gasteiger partial charge in [0.2, 0.25) is 5.91 Å². The lowest BCUT2D eigenvalue weighted by Gasteiger charge is -2.28. The van der Waals surface area contributed by atoms with Gasteiger partial charge in [0.05, 0.1) is 0 Å². The Kier molecular flexibility index (Phi) is 4.66. The average Bonchev–Trinajstić information content (AvgIpc) is 2.90. The number of rotatable bonds is 6. The number of hydrogen-bond donors (Lipinski definition) is 1. The Morgan fingerprint density at radius 3 is 2.72 bits per heavy atom. The van der Waals surface area contributed by atoms with Gasteiger partial charge in [-0.3, -0.25) is 4.79 Å². The van der Waals surface area contributed by atoms with Crippen LogP contribution in [-0.4, -0.2) is 37.0 Å². The number of carbonyl (C=O) groups excluding carboxylic acids is 1. The smallest absolute Gasteiger partial charge is 0.223 e. The molecule has 2 fully saturated rings. The summed E-state index contributed by atoms with van der Waals surface area (Å²) in [6.07, 6.45) is 6.28. The second-order valence-corrected chi connectivity index (χ2v) is 6.37. The van der Waals surface area contributed by atoms with E-state index in [1.165, 1.54) is 25.7 Å². The van der Waals surface area contributed by atoms with E-state index in [0.717, 1.165) is 30.8 Å². The summed E-state index contributed by atoms with van der Waals surface area (Å²) in [6, 6.07) is 0.296. The van der Waals surface area contributed by atoms with Crippen LogP contribution in [0.15, 0.2) is 0 Å². The average molecular weight is 252 g/mol. The molecule has 0 aromatic rings. The van der Waals surface area contributed by atoms with Gasteiger partial charge in [-0.25, -0.2) is 0 Å². The van der Waals surface area contributed by atoms with E-state index >= 15 is 0 Å². The summed E-state index contributed by atoms with van der Waals surface area (Å²) in [6.45, 7) is 6.09. The molecule has 0 spiro atoms. The highest BCUT2D eigenvalue weighted by atomic mass is 16.2. The molecule has 3 nitrogen and oxygen atoms in total. The molecule has 0 saturated heterocycles. The molecule has 4 atom stereocenters. The molecule has 1 amide bonds. The van der Waals surface area contributed by atoms with Gasteiger partial charge in [0, 0.05) is 26.1 Å². The molecule has 4 unspecified atom stereocenters. The zero-order valence-corrected chi connectivity index (χ0v) is 12.1. The van der Waals surface area contributed by atoms with Crippen LogP contribution in [0.2, 0.25) is 0 Å². The van der Waals surface area contributed by atoms with Gasteiger partial charge in [-0.05, 0) is 50.5 Å². The van der Waals surface area contributed by atoms with Crippen molar-refractivity contribution in [3.63, 3.8) is 0 Å². The van der Waals surface area contributed by atoms with Gasteiger partial charge < -0.3 is 10.2 Å². The van der Waals surface area contributed by atoms with Crippen molar-refractivity contribution in [3.05, 3.63) is 0 Å². The first kappa shape index (κ1) is 13.9. The van der Waals surface area contributed by atoms with Crippen LogP contribution in [0.1, 0.15) is 46.0 Å². The summed E-state index contributed by atoms with van der Waals surface area (Å²) >= 11 is 0. The molecule has 2 bridgehead atoms. The molecular formula is C15H28N2O. The fraction of sp³-hybridized carbons (Fsp3) is 0.933. The molecule has 2 rings (SSSR count). The van der Waals surface area contributed by atoms with E-state index in [9.17, 15) is 4.79 Å². The van der Waals surface area contributed by atoms with Crippen LogP contribution >= 0.6 is 0 Å². The predicted molar refractivity (Wildman–Crippen MR) is 74.3 cm³/mol. The van der Waals surface area contributed by atoms with Crippen molar-refractivity contribution < 1.29 is 4.79 Å². The van der Waals surface area contributed by atoms with Crippen molar-refractivity contribution in [2.75, 3.05) is 20.1 Å². The van der Waals surface area contributed by atoms with Gasteiger partial charge in [0.25, 0.3) is 0 Å². The van der Waals surface area contributed by atoms with Crippen molar-refractivity contribution in [3.8, 4) is 0 Å².